The quantitative estimate of drug-likeness (QED) is 0.787. The summed E-state index contributed by atoms with van der Waals surface area (Å²) in [6, 6.07) is 4.38. The van der Waals surface area contributed by atoms with Crippen LogP contribution in [0.5, 0.6) is 0 Å². The summed E-state index contributed by atoms with van der Waals surface area (Å²) in [6.45, 7) is 0.263. The van der Waals surface area contributed by atoms with Crippen LogP contribution in [0.1, 0.15) is 11.1 Å². The van der Waals surface area contributed by atoms with Crippen molar-refractivity contribution in [1.82, 2.24) is 4.57 Å². The van der Waals surface area contributed by atoms with Gasteiger partial charge in [-0.3, -0.25) is 4.79 Å². The van der Waals surface area contributed by atoms with Crippen molar-refractivity contribution in [1.29, 1.82) is 0 Å². The molecule has 0 amide bonds. The number of hydrogen-bond donors (Lipinski definition) is 0. The Bertz CT molecular complexity index is 691. The molecule has 0 aliphatic heterocycles. The van der Waals surface area contributed by atoms with Gasteiger partial charge in [0.2, 0.25) is 0 Å². The average molecular weight is 263 g/mol. The molecule has 2 aromatic rings. The first-order chi connectivity index (χ1) is 9.10. The van der Waals surface area contributed by atoms with Gasteiger partial charge < -0.3 is 14.1 Å². The van der Waals surface area contributed by atoms with Gasteiger partial charge in [-0.15, -0.1) is 0 Å². The third kappa shape index (κ3) is 2.29. The smallest absolute Gasteiger partial charge is 0.251 e. The Morgan fingerprint density at radius 1 is 1.42 bits per heavy atom. The maximum absolute atomic E-state index is 13.8. The van der Waals surface area contributed by atoms with Gasteiger partial charge in [-0.1, -0.05) is 0 Å². The number of carbonyl (C=O) groups excluding carboxylic acids is 1. The van der Waals surface area contributed by atoms with Gasteiger partial charge in [-0.2, -0.15) is 0 Å². The third-order valence-electron chi connectivity index (χ3n) is 3.12. The number of hydrogen-bond acceptors (Lipinski definition) is 3. The fourth-order valence-electron chi connectivity index (χ4n) is 2.24. The Kier molecular flexibility index (Phi) is 3.76. The van der Waals surface area contributed by atoms with Crippen molar-refractivity contribution in [3.8, 4) is 0 Å². The lowest BCUT2D eigenvalue weighted by Gasteiger charge is -2.13. The van der Waals surface area contributed by atoms with Crippen LogP contribution in [0.15, 0.2) is 23.0 Å². The van der Waals surface area contributed by atoms with E-state index in [1.165, 1.54) is 23.8 Å². The standard InChI is InChI=1S/C14H14FNO3/c1-16-13(18)7-9(8-19-2)10-3-4-12(15)11(5-6-17)14(10)16/h3-4,6-7H,5,8H2,1-2H3. The summed E-state index contributed by atoms with van der Waals surface area (Å²) in [5, 5.41) is 0.724. The van der Waals surface area contributed by atoms with E-state index in [1.54, 1.807) is 13.1 Å². The zero-order valence-corrected chi connectivity index (χ0v) is 10.8. The minimum Gasteiger partial charge on any atom is -0.380 e. The van der Waals surface area contributed by atoms with E-state index in [2.05, 4.69) is 0 Å². The summed E-state index contributed by atoms with van der Waals surface area (Å²) in [5.74, 6) is -0.482. The number of aldehydes is 1. The lowest BCUT2D eigenvalue weighted by atomic mass is 10.0. The van der Waals surface area contributed by atoms with Gasteiger partial charge in [0.25, 0.3) is 5.56 Å². The number of nitrogens with zero attached hydrogens (tertiary/aromatic N) is 1. The van der Waals surface area contributed by atoms with Crippen LogP contribution in [0.2, 0.25) is 0 Å². The zero-order chi connectivity index (χ0) is 14.0. The van der Waals surface area contributed by atoms with E-state index in [4.69, 9.17) is 4.74 Å². The molecule has 1 aromatic heterocycles. The Morgan fingerprint density at radius 3 is 2.79 bits per heavy atom. The van der Waals surface area contributed by atoms with Gasteiger partial charge in [-0.05, 0) is 17.7 Å². The summed E-state index contributed by atoms with van der Waals surface area (Å²) < 4.78 is 20.2. The van der Waals surface area contributed by atoms with E-state index >= 15 is 0 Å². The minimum atomic E-state index is -0.482. The maximum Gasteiger partial charge on any atom is 0.251 e. The zero-order valence-electron chi connectivity index (χ0n) is 10.8. The van der Waals surface area contributed by atoms with Crippen molar-refractivity contribution in [2.45, 2.75) is 13.0 Å². The minimum absolute atomic E-state index is 0.0626. The highest BCUT2D eigenvalue weighted by atomic mass is 19.1. The van der Waals surface area contributed by atoms with Crippen LogP contribution in [0.4, 0.5) is 4.39 Å². The molecule has 2 rings (SSSR count). The Hall–Kier alpha value is -2.01. The number of benzene rings is 1. The number of carbonyl (C=O) groups is 1. The molecule has 1 aromatic carbocycles. The van der Waals surface area contributed by atoms with Crippen molar-refractivity contribution in [2.24, 2.45) is 7.05 Å². The summed E-state index contributed by atoms with van der Waals surface area (Å²) in [7, 11) is 3.09. The van der Waals surface area contributed by atoms with Crippen molar-refractivity contribution in [3.63, 3.8) is 0 Å². The van der Waals surface area contributed by atoms with Crippen LogP contribution in [0.25, 0.3) is 10.9 Å². The number of pyridine rings is 1. The normalized spacial score (nSPS) is 10.9. The molecule has 1 heterocycles. The van der Waals surface area contributed by atoms with E-state index < -0.39 is 5.82 Å². The SMILES string of the molecule is COCc1cc(=O)n(C)c2c(CC=O)c(F)ccc12. The molecule has 100 valence electrons. The van der Waals surface area contributed by atoms with E-state index in [9.17, 15) is 14.0 Å². The van der Waals surface area contributed by atoms with Gasteiger partial charge in [0.05, 0.1) is 12.1 Å². The van der Waals surface area contributed by atoms with Crippen LogP contribution >= 0.6 is 0 Å². The molecule has 0 fully saturated rings. The second kappa shape index (κ2) is 5.32. The van der Waals surface area contributed by atoms with Crippen LogP contribution in [-0.2, 0) is 29.6 Å². The Balaban J connectivity index is 2.91. The van der Waals surface area contributed by atoms with E-state index in [1.807, 2.05) is 0 Å². The molecule has 19 heavy (non-hydrogen) atoms. The number of rotatable bonds is 4. The first-order valence-corrected chi connectivity index (χ1v) is 5.82. The van der Waals surface area contributed by atoms with Gasteiger partial charge in [0, 0.05) is 37.6 Å². The second-order valence-corrected chi connectivity index (χ2v) is 4.29. The predicted molar refractivity (Wildman–Crippen MR) is 69.6 cm³/mol. The molecule has 5 heteroatoms. The molecule has 0 bridgehead atoms. The summed E-state index contributed by atoms with van der Waals surface area (Å²) in [4.78, 5) is 22.6. The number of fused-ring (bicyclic) bond motifs is 1. The number of halogens is 1. The highest BCUT2D eigenvalue weighted by Crippen LogP contribution is 2.23. The van der Waals surface area contributed by atoms with Crippen molar-refractivity contribution < 1.29 is 13.9 Å². The number of aryl methyl sites for hydroxylation is 1. The topological polar surface area (TPSA) is 48.3 Å². The summed E-state index contributed by atoms with van der Waals surface area (Å²) in [6.07, 6.45) is 0.568. The molecule has 0 saturated heterocycles. The van der Waals surface area contributed by atoms with Crippen molar-refractivity contribution in [3.05, 3.63) is 45.5 Å². The van der Waals surface area contributed by atoms with E-state index in [-0.39, 0.29) is 24.2 Å². The van der Waals surface area contributed by atoms with Crippen LogP contribution in [0.3, 0.4) is 0 Å². The fourth-order valence-corrected chi connectivity index (χ4v) is 2.24. The lowest BCUT2D eigenvalue weighted by Crippen LogP contribution is -2.19. The highest BCUT2D eigenvalue weighted by molar-refractivity contribution is 5.87. The summed E-state index contributed by atoms with van der Waals surface area (Å²) >= 11 is 0. The predicted octanol–water partition coefficient (Wildman–Crippen LogP) is 1.57. The number of methoxy groups -OCH3 is 1. The number of ether oxygens (including phenoxy) is 1. The monoisotopic (exact) mass is 263 g/mol. The van der Waals surface area contributed by atoms with Crippen molar-refractivity contribution >= 4 is 17.2 Å². The first kappa shape index (κ1) is 13.4. The molecule has 0 N–H and O–H groups in total. The van der Waals surface area contributed by atoms with Crippen LogP contribution in [-0.4, -0.2) is 18.0 Å². The molecule has 0 aliphatic rings. The molecule has 0 saturated carbocycles. The average Bonchev–Trinajstić information content (AvgIpc) is 2.38. The maximum atomic E-state index is 13.8. The molecular formula is C14H14FNO3. The molecule has 0 radical (unpaired) electrons. The molecule has 0 aliphatic carbocycles. The fraction of sp³-hybridized carbons (Fsp3) is 0.286. The van der Waals surface area contributed by atoms with Gasteiger partial charge in [0.1, 0.15) is 12.1 Å². The lowest BCUT2D eigenvalue weighted by molar-refractivity contribution is -0.107. The first-order valence-electron chi connectivity index (χ1n) is 5.82. The molecule has 0 atom stereocenters. The second-order valence-electron chi connectivity index (χ2n) is 4.29. The highest BCUT2D eigenvalue weighted by Gasteiger charge is 2.14. The van der Waals surface area contributed by atoms with Gasteiger partial charge in [0.15, 0.2) is 0 Å². The third-order valence-corrected chi connectivity index (χ3v) is 3.12. The van der Waals surface area contributed by atoms with Gasteiger partial charge in [-0.25, -0.2) is 4.39 Å². The molecular weight excluding hydrogens is 249 g/mol. The number of aromatic nitrogens is 1. The summed E-state index contributed by atoms with van der Waals surface area (Å²) in [5.41, 5.74) is 1.13. The van der Waals surface area contributed by atoms with Crippen LogP contribution in [0, 0.1) is 5.82 Å². The van der Waals surface area contributed by atoms with Gasteiger partial charge >= 0.3 is 0 Å². The van der Waals surface area contributed by atoms with E-state index in [0.29, 0.717) is 17.4 Å². The van der Waals surface area contributed by atoms with Crippen molar-refractivity contribution in [2.75, 3.05) is 7.11 Å². The molecule has 0 unspecified atom stereocenters. The van der Waals surface area contributed by atoms with Crippen LogP contribution < -0.4 is 5.56 Å². The van der Waals surface area contributed by atoms with E-state index in [0.717, 1.165) is 5.39 Å². The Labute approximate surface area is 109 Å². The molecule has 4 nitrogen and oxygen atoms in total. The molecule has 0 spiro atoms. The largest absolute Gasteiger partial charge is 0.380 e. The Morgan fingerprint density at radius 2 is 2.16 bits per heavy atom.